The van der Waals surface area contributed by atoms with Gasteiger partial charge in [0.1, 0.15) is 11.5 Å². The number of fused-ring (bicyclic) bond motifs is 2. The van der Waals surface area contributed by atoms with E-state index in [4.69, 9.17) is 4.42 Å². The van der Waals surface area contributed by atoms with Gasteiger partial charge in [-0.2, -0.15) is 0 Å². The Morgan fingerprint density at radius 1 is 1.00 bits per heavy atom. The van der Waals surface area contributed by atoms with E-state index in [-0.39, 0.29) is 28.1 Å². The maximum atomic E-state index is 12.4. The van der Waals surface area contributed by atoms with Crippen LogP contribution >= 0.6 is 0 Å². The second-order valence-corrected chi connectivity index (χ2v) is 9.97. The van der Waals surface area contributed by atoms with Crippen LogP contribution in [0, 0.1) is 17.8 Å². The quantitative estimate of drug-likeness (QED) is 0.705. The molecule has 2 amide bonds. The number of hydrogen-bond acceptors (Lipinski definition) is 5. The lowest BCUT2D eigenvalue weighted by atomic mass is 9.86. The topological polar surface area (TPSA) is 105 Å². The number of rotatable bonds is 6. The standard InChI is InChI=1S/C21H24N2O5S/c24-20(12-16-11-14-6-7-15(16)10-14)22-23-21(25)19-9-8-17(28-19)13-29(26,27)18-4-2-1-3-5-18/h1-5,8-9,14-16H,6-7,10-13H2,(H,22,24)(H,23,25)/t14-,15-,16+/m1/s1. The summed E-state index contributed by atoms with van der Waals surface area (Å²) in [5.41, 5.74) is 4.78. The molecule has 1 heterocycles. The zero-order valence-electron chi connectivity index (χ0n) is 16.0. The monoisotopic (exact) mass is 416 g/mol. The predicted molar refractivity (Wildman–Crippen MR) is 105 cm³/mol. The Morgan fingerprint density at radius 3 is 2.48 bits per heavy atom. The van der Waals surface area contributed by atoms with Crippen molar-refractivity contribution in [3.8, 4) is 0 Å². The number of amides is 2. The molecule has 154 valence electrons. The van der Waals surface area contributed by atoms with Crippen molar-refractivity contribution < 1.29 is 22.4 Å². The van der Waals surface area contributed by atoms with Gasteiger partial charge < -0.3 is 4.42 Å². The Bertz CT molecular complexity index is 999. The fourth-order valence-corrected chi connectivity index (χ4v) is 5.85. The molecule has 2 saturated carbocycles. The molecule has 2 aromatic rings. The lowest BCUT2D eigenvalue weighted by Crippen LogP contribution is -2.42. The van der Waals surface area contributed by atoms with E-state index < -0.39 is 15.7 Å². The molecule has 2 fully saturated rings. The van der Waals surface area contributed by atoms with Gasteiger partial charge in [0.25, 0.3) is 0 Å². The van der Waals surface area contributed by atoms with E-state index in [9.17, 15) is 18.0 Å². The van der Waals surface area contributed by atoms with Crippen LogP contribution in [-0.4, -0.2) is 20.2 Å². The van der Waals surface area contributed by atoms with Gasteiger partial charge in [0.15, 0.2) is 15.6 Å². The summed E-state index contributed by atoms with van der Waals surface area (Å²) in [5.74, 6) is 0.742. The average molecular weight is 416 g/mol. The van der Waals surface area contributed by atoms with Crippen LogP contribution in [0.25, 0.3) is 0 Å². The molecule has 0 radical (unpaired) electrons. The molecule has 7 nitrogen and oxygen atoms in total. The highest BCUT2D eigenvalue weighted by molar-refractivity contribution is 7.90. The third-order valence-electron chi connectivity index (χ3n) is 5.97. The van der Waals surface area contributed by atoms with Crippen molar-refractivity contribution in [3.63, 3.8) is 0 Å². The summed E-state index contributed by atoms with van der Waals surface area (Å²) >= 11 is 0. The fraction of sp³-hybridized carbons (Fsp3) is 0.429. The molecular weight excluding hydrogens is 392 g/mol. The van der Waals surface area contributed by atoms with Crippen molar-refractivity contribution in [2.24, 2.45) is 17.8 Å². The van der Waals surface area contributed by atoms with E-state index in [1.165, 1.54) is 43.5 Å². The first-order valence-electron chi connectivity index (χ1n) is 9.86. The molecule has 1 aromatic heterocycles. The van der Waals surface area contributed by atoms with E-state index in [0.29, 0.717) is 18.3 Å². The van der Waals surface area contributed by atoms with Crippen molar-refractivity contribution in [1.29, 1.82) is 0 Å². The van der Waals surface area contributed by atoms with Crippen LogP contribution in [0.2, 0.25) is 0 Å². The van der Waals surface area contributed by atoms with Crippen LogP contribution in [0.15, 0.2) is 51.8 Å². The maximum Gasteiger partial charge on any atom is 0.305 e. The molecule has 8 heteroatoms. The van der Waals surface area contributed by atoms with Gasteiger partial charge in [0, 0.05) is 6.42 Å². The van der Waals surface area contributed by atoms with Crippen molar-refractivity contribution in [3.05, 3.63) is 54.0 Å². The third kappa shape index (κ3) is 4.53. The van der Waals surface area contributed by atoms with Gasteiger partial charge in [-0.15, -0.1) is 0 Å². The summed E-state index contributed by atoms with van der Waals surface area (Å²) in [7, 11) is -3.56. The molecular formula is C21H24N2O5S. The number of furan rings is 1. The SMILES string of the molecule is O=C(C[C@@H]1C[C@@H]2CC[C@@H]1C2)NNC(=O)c1ccc(CS(=O)(=O)c2ccccc2)o1. The van der Waals surface area contributed by atoms with Crippen LogP contribution in [0.3, 0.4) is 0 Å². The smallest absolute Gasteiger partial charge is 0.305 e. The lowest BCUT2D eigenvalue weighted by Gasteiger charge is -2.20. The van der Waals surface area contributed by atoms with Crippen LogP contribution in [0.4, 0.5) is 0 Å². The number of nitrogens with one attached hydrogen (secondary N) is 2. The second kappa shape index (κ2) is 8.02. The van der Waals surface area contributed by atoms with Crippen LogP contribution < -0.4 is 10.9 Å². The van der Waals surface area contributed by atoms with E-state index in [1.54, 1.807) is 18.2 Å². The summed E-state index contributed by atoms with van der Waals surface area (Å²) in [6.45, 7) is 0. The first-order valence-corrected chi connectivity index (χ1v) is 11.5. The Morgan fingerprint density at radius 2 is 1.79 bits per heavy atom. The summed E-state index contributed by atoms with van der Waals surface area (Å²) in [5, 5.41) is 0. The number of carbonyl (C=O) groups is 2. The first-order chi connectivity index (χ1) is 13.9. The Hall–Kier alpha value is -2.61. The molecule has 2 N–H and O–H groups in total. The molecule has 0 saturated heterocycles. The summed E-state index contributed by atoms with van der Waals surface area (Å²) in [4.78, 5) is 24.5. The van der Waals surface area contributed by atoms with E-state index in [0.717, 1.165) is 12.3 Å². The fourth-order valence-electron chi connectivity index (χ4n) is 4.58. The molecule has 0 spiro atoms. The lowest BCUT2D eigenvalue weighted by molar-refractivity contribution is -0.123. The highest BCUT2D eigenvalue weighted by Gasteiger charge is 2.40. The normalized spacial score (nSPS) is 23.1. The predicted octanol–water partition coefficient (Wildman–Crippen LogP) is 2.84. The molecule has 0 unspecified atom stereocenters. The molecule has 3 atom stereocenters. The number of hydrogen-bond donors (Lipinski definition) is 2. The van der Waals surface area contributed by atoms with Crippen LogP contribution in [0.5, 0.6) is 0 Å². The second-order valence-electron chi connectivity index (χ2n) is 7.98. The highest BCUT2D eigenvalue weighted by atomic mass is 32.2. The summed E-state index contributed by atoms with van der Waals surface area (Å²) in [6.07, 6.45) is 5.23. The van der Waals surface area contributed by atoms with Gasteiger partial charge in [0.2, 0.25) is 5.91 Å². The minimum Gasteiger partial charge on any atom is -0.455 e. The molecule has 2 bridgehead atoms. The van der Waals surface area contributed by atoms with Crippen LogP contribution in [0.1, 0.15) is 48.4 Å². The van der Waals surface area contributed by atoms with E-state index in [1.807, 2.05) is 0 Å². The zero-order valence-corrected chi connectivity index (χ0v) is 16.8. The van der Waals surface area contributed by atoms with E-state index in [2.05, 4.69) is 10.9 Å². The van der Waals surface area contributed by atoms with Crippen LogP contribution in [-0.2, 0) is 20.4 Å². The third-order valence-corrected chi connectivity index (χ3v) is 7.62. The minimum atomic E-state index is -3.56. The zero-order chi connectivity index (χ0) is 20.4. The Labute approximate surface area is 169 Å². The van der Waals surface area contributed by atoms with Crippen molar-refractivity contribution in [1.82, 2.24) is 10.9 Å². The summed E-state index contributed by atoms with van der Waals surface area (Å²) < 4.78 is 30.2. The largest absolute Gasteiger partial charge is 0.455 e. The number of benzene rings is 1. The van der Waals surface area contributed by atoms with Gasteiger partial charge in [-0.1, -0.05) is 24.6 Å². The maximum absolute atomic E-state index is 12.4. The number of carbonyl (C=O) groups excluding carboxylic acids is 2. The van der Waals surface area contributed by atoms with Crippen molar-refractivity contribution in [2.75, 3.05) is 0 Å². The highest BCUT2D eigenvalue weighted by Crippen LogP contribution is 2.49. The number of hydrazine groups is 1. The molecule has 4 rings (SSSR count). The molecule has 2 aliphatic rings. The Kier molecular flexibility index (Phi) is 5.45. The average Bonchev–Trinajstić information content (AvgIpc) is 3.44. The van der Waals surface area contributed by atoms with Crippen molar-refractivity contribution in [2.45, 2.75) is 42.8 Å². The molecule has 1 aromatic carbocycles. The molecule has 29 heavy (non-hydrogen) atoms. The molecule has 0 aliphatic heterocycles. The van der Waals surface area contributed by atoms with E-state index >= 15 is 0 Å². The van der Waals surface area contributed by atoms with Gasteiger partial charge >= 0.3 is 5.91 Å². The van der Waals surface area contributed by atoms with Gasteiger partial charge in [0.05, 0.1) is 4.90 Å². The first kappa shape index (κ1) is 19.7. The number of sulfone groups is 1. The van der Waals surface area contributed by atoms with Crippen molar-refractivity contribution >= 4 is 21.7 Å². The Balaban J connectivity index is 1.29. The van der Waals surface area contributed by atoms with Gasteiger partial charge in [-0.25, -0.2) is 8.42 Å². The minimum absolute atomic E-state index is 0.0523. The molecule has 2 aliphatic carbocycles. The van der Waals surface area contributed by atoms with Gasteiger partial charge in [-0.05, 0) is 61.3 Å². The summed E-state index contributed by atoms with van der Waals surface area (Å²) in [6, 6.07) is 10.9. The van der Waals surface area contributed by atoms with Gasteiger partial charge in [-0.3, -0.25) is 20.4 Å².